The highest BCUT2D eigenvalue weighted by molar-refractivity contribution is 4.99. The fraction of sp³-hybridized carbons (Fsp3) is 0.714. The normalized spacial score (nSPS) is 16.2. The predicted molar refractivity (Wildman–Crippen MR) is 34.1 cm³/mol. The summed E-state index contributed by atoms with van der Waals surface area (Å²) in [6.45, 7) is 5.91. The zero-order chi connectivity index (χ0) is 6.57. The average Bonchev–Trinajstić information content (AvgIpc) is 1.84. The zero-order valence-corrected chi connectivity index (χ0v) is 5.77. The van der Waals surface area contributed by atoms with Crippen molar-refractivity contribution in [1.82, 2.24) is 0 Å². The number of hydrogen-bond acceptors (Lipinski definition) is 0. The minimum absolute atomic E-state index is 0.0101. The second-order valence-corrected chi connectivity index (χ2v) is 2.10. The van der Waals surface area contributed by atoms with Gasteiger partial charge in [0.2, 0.25) is 0 Å². The van der Waals surface area contributed by atoms with E-state index in [1.165, 1.54) is 5.57 Å². The third-order valence-electron chi connectivity index (χ3n) is 1.48. The third-order valence-corrected chi connectivity index (χ3v) is 1.48. The van der Waals surface area contributed by atoms with Crippen molar-refractivity contribution in [3.8, 4) is 0 Å². The summed E-state index contributed by atoms with van der Waals surface area (Å²) < 4.78 is 0. The molecule has 1 unspecified atom stereocenters. The topological polar surface area (TPSA) is 19.9 Å². The van der Waals surface area contributed by atoms with Crippen LogP contribution in [0.2, 0.25) is 0 Å². The maximum atomic E-state index is 10.2. The summed E-state index contributed by atoms with van der Waals surface area (Å²) in [5.41, 5.74) is 1.19. The van der Waals surface area contributed by atoms with Crippen LogP contribution in [0.5, 0.6) is 0 Å². The van der Waals surface area contributed by atoms with Crippen molar-refractivity contribution in [2.24, 2.45) is 5.92 Å². The van der Waals surface area contributed by atoms with Crippen LogP contribution in [0.15, 0.2) is 11.6 Å². The quantitative estimate of drug-likeness (QED) is 0.488. The molecule has 0 bridgehead atoms. The Balaban J connectivity index is 3.63. The molecule has 0 spiro atoms. The van der Waals surface area contributed by atoms with E-state index in [0.717, 1.165) is 0 Å². The lowest BCUT2D eigenvalue weighted by atomic mass is 10.0. The molecule has 1 radical (unpaired) electrons. The fourth-order valence-corrected chi connectivity index (χ4v) is 0.416. The molecule has 0 aromatic rings. The molecule has 0 N–H and O–H groups in total. The van der Waals surface area contributed by atoms with E-state index in [9.17, 15) is 5.11 Å². The summed E-state index contributed by atoms with van der Waals surface area (Å²) in [7, 11) is 0. The minimum Gasteiger partial charge on any atom is -0.236 e. The van der Waals surface area contributed by atoms with Gasteiger partial charge in [0.25, 0.3) is 0 Å². The highest BCUT2D eigenvalue weighted by Crippen LogP contribution is 2.06. The van der Waals surface area contributed by atoms with E-state index in [0.29, 0.717) is 0 Å². The third kappa shape index (κ3) is 2.12. The van der Waals surface area contributed by atoms with E-state index in [-0.39, 0.29) is 12.5 Å². The summed E-state index contributed by atoms with van der Waals surface area (Å²) in [5, 5.41) is 10.2. The van der Waals surface area contributed by atoms with Gasteiger partial charge in [-0.25, -0.2) is 5.11 Å². The Labute approximate surface area is 51.0 Å². The lowest BCUT2D eigenvalue weighted by Gasteiger charge is -2.03. The molecule has 0 heterocycles. The van der Waals surface area contributed by atoms with Gasteiger partial charge in [-0.2, -0.15) is 0 Å². The Morgan fingerprint density at radius 1 is 1.75 bits per heavy atom. The van der Waals surface area contributed by atoms with Crippen LogP contribution in [0.25, 0.3) is 0 Å². The van der Waals surface area contributed by atoms with E-state index in [2.05, 4.69) is 0 Å². The van der Waals surface area contributed by atoms with Crippen LogP contribution < -0.4 is 0 Å². The molecule has 0 aliphatic carbocycles. The van der Waals surface area contributed by atoms with Gasteiger partial charge in [0.05, 0.1) is 6.61 Å². The van der Waals surface area contributed by atoms with Crippen molar-refractivity contribution < 1.29 is 5.11 Å². The van der Waals surface area contributed by atoms with Gasteiger partial charge in [0, 0.05) is 5.92 Å². The van der Waals surface area contributed by atoms with E-state index < -0.39 is 0 Å². The van der Waals surface area contributed by atoms with Gasteiger partial charge < -0.3 is 0 Å². The van der Waals surface area contributed by atoms with E-state index >= 15 is 0 Å². The lowest BCUT2D eigenvalue weighted by molar-refractivity contribution is 0.164. The van der Waals surface area contributed by atoms with Crippen molar-refractivity contribution in [1.29, 1.82) is 0 Å². The van der Waals surface area contributed by atoms with Gasteiger partial charge >= 0.3 is 0 Å². The smallest absolute Gasteiger partial charge is 0.0884 e. The average molecular weight is 113 g/mol. The van der Waals surface area contributed by atoms with Crippen LogP contribution >= 0.6 is 0 Å². The van der Waals surface area contributed by atoms with Crippen LogP contribution in [0.4, 0.5) is 0 Å². The molecule has 0 aliphatic heterocycles. The summed E-state index contributed by atoms with van der Waals surface area (Å²) in [6.07, 6.45) is 1.99. The van der Waals surface area contributed by atoms with Crippen LogP contribution in [-0.2, 0) is 5.11 Å². The van der Waals surface area contributed by atoms with Gasteiger partial charge in [-0.1, -0.05) is 18.6 Å². The Bertz CT molecular complexity index is 84.4. The molecule has 0 saturated heterocycles. The van der Waals surface area contributed by atoms with Crippen LogP contribution in [-0.4, -0.2) is 6.61 Å². The van der Waals surface area contributed by atoms with Gasteiger partial charge in [0.1, 0.15) is 0 Å². The molecule has 47 valence electrons. The second-order valence-electron chi connectivity index (χ2n) is 2.10. The Morgan fingerprint density at radius 3 is 2.38 bits per heavy atom. The van der Waals surface area contributed by atoms with Crippen LogP contribution in [0.3, 0.4) is 0 Å². The summed E-state index contributed by atoms with van der Waals surface area (Å²) in [4.78, 5) is 0. The van der Waals surface area contributed by atoms with Crippen molar-refractivity contribution in [3.05, 3.63) is 11.6 Å². The maximum absolute atomic E-state index is 10.2. The molecular formula is C7H13O. The van der Waals surface area contributed by atoms with Gasteiger partial charge in [-0.05, 0) is 13.8 Å². The first-order chi connectivity index (χ1) is 3.72. The Morgan fingerprint density at radius 2 is 2.25 bits per heavy atom. The van der Waals surface area contributed by atoms with Crippen LogP contribution in [0.1, 0.15) is 20.8 Å². The standard InChI is InChI=1S/C7H13O/c1-4-6(2)7(3)5-8/h4,7H,5H2,1-3H3/b6-4+. The van der Waals surface area contributed by atoms with Crippen molar-refractivity contribution in [3.63, 3.8) is 0 Å². The molecule has 0 aromatic carbocycles. The molecule has 0 aliphatic rings. The Hall–Kier alpha value is -0.300. The summed E-state index contributed by atoms with van der Waals surface area (Å²) in [6, 6.07) is 0. The number of allylic oxidation sites excluding steroid dienone is 1. The molecular weight excluding hydrogens is 100 g/mol. The maximum Gasteiger partial charge on any atom is 0.0884 e. The molecule has 0 fully saturated rings. The van der Waals surface area contributed by atoms with Gasteiger partial charge in [-0.3, -0.25) is 0 Å². The van der Waals surface area contributed by atoms with E-state index in [1.54, 1.807) is 0 Å². The first-order valence-corrected chi connectivity index (χ1v) is 2.93. The SMILES string of the molecule is C/C=C(\C)C(C)C[O]. The highest BCUT2D eigenvalue weighted by atomic mass is 16.3. The zero-order valence-electron chi connectivity index (χ0n) is 5.77. The van der Waals surface area contributed by atoms with E-state index in [4.69, 9.17) is 0 Å². The molecule has 1 heteroatoms. The molecule has 0 rings (SSSR count). The largest absolute Gasteiger partial charge is 0.236 e. The first-order valence-electron chi connectivity index (χ1n) is 2.93. The first kappa shape index (κ1) is 7.70. The monoisotopic (exact) mass is 113 g/mol. The molecule has 0 saturated carbocycles. The predicted octanol–water partition coefficient (Wildman–Crippen LogP) is 2.02. The molecule has 8 heavy (non-hydrogen) atoms. The van der Waals surface area contributed by atoms with Crippen molar-refractivity contribution in [2.75, 3.05) is 6.61 Å². The Kier molecular flexibility index (Phi) is 3.53. The fourth-order valence-electron chi connectivity index (χ4n) is 0.416. The van der Waals surface area contributed by atoms with E-state index in [1.807, 2.05) is 26.8 Å². The van der Waals surface area contributed by atoms with Crippen molar-refractivity contribution in [2.45, 2.75) is 20.8 Å². The van der Waals surface area contributed by atoms with Crippen LogP contribution in [0, 0.1) is 5.92 Å². The molecule has 0 amide bonds. The summed E-state index contributed by atoms with van der Waals surface area (Å²) >= 11 is 0. The molecule has 0 aromatic heterocycles. The lowest BCUT2D eigenvalue weighted by Crippen LogP contribution is -1.99. The highest BCUT2D eigenvalue weighted by Gasteiger charge is 1.99. The van der Waals surface area contributed by atoms with Gasteiger partial charge in [-0.15, -0.1) is 0 Å². The number of hydrogen-bond donors (Lipinski definition) is 0. The minimum atomic E-state index is 0.0101. The molecule has 1 atom stereocenters. The van der Waals surface area contributed by atoms with Gasteiger partial charge in [0.15, 0.2) is 0 Å². The number of rotatable bonds is 2. The molecule has 1 nitrogen and oxygen atoms in total. The summed E-state index contributed by atoms with van der Waals surface area (Å²) in [5.74, 6) is 0.222. The second kappa shape index (κ2) is 3.67. The van der Waals surface area contributed by atoms with Crippen molar-refractivity contribution >= 4 is 0 Å².